The second kappa shape index (κ2) is 10.0. The highest BCUT2D eigenvalue weighted by molar-refractivity contribution is 7.99. The van der Waals surface area contributed by atoms with Crippen LogP contribution < -0.4 is 10.6 Å². The number of morpholine rings is 1. The summed E-state index contributed by atoms with van der Waals surface area (Å²) in [5.74, 6) is 1.17. The molecular formula is C16H29N3O3S. The maximum Gasteiger partial charge on any atom is 0.315 e. The van der Waals surface area contributed by atoms with Gasteiger partial charge in [-0.05, 0) is 18.6 Å². The third kappa shape index (κ3) is 6.22. The van der Waals surface area contributed by atoms with Crippen LogP contribution in [0.15, 0.2) is 0 Å². The summed E-state index contributed by atoms with van der Waals surface area (Å²) in [6.07, 6.45) is 5.02. The Kier molecular flexibility index (Phi) is 8.02. The summed E-state index contributed by atoms with van der Waals surface area (Å²) in [7, 11) is 0. The number of nitrogens with zero attached hydrogens (tertiary/aromatic N) is 1. The maximum absolute atomic E-state index is 12.0. The molecule has 2 rings (SSSR count). The zero-order valence-corrected chi connectivity index (χ0v) is 14.8. The first-order chi connectivity index (χ1) is 11.2. The van der Waals surface area contributed by atoms with Gasteiger partial charge in [-0.2, -0.15) is 11.8 Å². The minimum absolute atomic E-state index is 0.0886. The predicted molar refractivity (Wildman–Crippen MR) is 92.7 cm³/mol. The van der Waals surface area contributed by atoms with Crippen molar-refractivity contribution in [3.63, 3.8) is 0 Å². The standard InChI is InChI=1S/C16H29N3O3S/c1-2-23-14-6-4-3-5-13(14)18-16(21)17-8-7-15(20)19-9-11-22-12-10-19/h13-14H,2-12H2,1H3,(H2,17,18,21). The third-order valence-electron chi connectivity index (χ3n) is 4.39. The van der Waals surface area contributed by atoms with E-state index in [1.165, 1.54) is 19.3 Å². The fourth-order valence-electron chi connectivity index (χ4n) is 3.15. The number of amides is 3. The van der Waals surface area contributed by atoms with Gasteiger partial charge in [0.1, 0.15) is 0 Å². The van der Waals surface area contributed by atoms with Crippen LogP contribution in [-0.4, -0.2) is 66.7 Å². The number of urea groups is 1. The number of carbonyl (C=O) groups is 2. The number of rotatable bonds is 6. The summed E-state index contributed by atoms with van der Waals surface area (Å²) in [5, 5.41) is 6.44. The van der Waals surface area contributed by atoms with Gasteiger partial charge in [0, 0.05) is 37.3 Å². The molecule has 0 spiro atoms. The first-order valence-corrected chi connectivity index (χ1v) is 9.77. The highest BCUT2D eigenvalue weighted by atomic mass is 32.2. The van der Waals surface area contributed by atoms with Gasteiger partial charge in [0.25, 0.3) is 0 Å². The van der Waals surface area contributed by atoms with Crippen LogP contribution >= 0.6 is 11.8 Å². The second-order valence-electron chi connectivity index (χ2n) is 6.03. The Morgan fingerprint density at radius 3 is 2.70 bits per heavy atom. The molecule has 2 unspecified atom stereocenters. The van der Waals surface area contributed by atoms with Crippen molar-refractivity contribution in [3.05, 3.63) is 0 Å². The number of hydrogen-bond donors (Lipinski definition) is 2. The lowest BCUT2D eigenvalue weighted by Gasteiger charge is -2.31. The van der Waals surface area contributed by atoms with Gasteiger partial charge in [-0.1, -0.05) is 19.8 Å². The molecule has 0 bridgehead atoms. The van der Waals surface area contributed by atoms with Crippen molar-refractivity contribution < 1.29 is 14.3 Å². The van der Waals surface area contributed by atoms with Crippen molar-refractivity contribution in [2.24, 2.45) is 0 Å². The molecule has 1 saturated heterocycles. The maximum atomic E-state index is 12.0. The molecule has 0 aromatic heterocycles. The Morgan fingerprint density at radius 1 is 1.22 bits per heavy atom. The van der Waals surface area contributed by atoms with Gasteiger partial charge in [0.05, 0.1) is 13.2 Å². The van der Waals surface area contributed by atoms with Crippen LogP contribution in [-0.2, 0) is 9.53 Å². The molecule has 1 saturated carbocycles. The molecule has 0 aromatic rings. The van der Waals surface area contributed by atoms with Crippen LogP contribution in [0.25, 0.3) is 0 Å². The molecule has 2 atom stereocenters. The van der Waals surface area contributed by atoms with Crippen LogP contribution in [0.5, 0.6) is 0 Å². The molecule has 0 radical (unpaired) electrons. The molecule has 132 valence electrons. The Hall–Kier alpha value is -0.950. The fourth-order valence-corrected chi connectivity index (χ4v) is 4.35. The van der Waals surface area contributed by atoms with Crippen LogP contribution in [0.1, 0.15) is 39.0 Å². The number of hydrogen-bond acceptors (Lipinski definition) is 4. The zero-order valence-electron chi connectivity index (χ0n) is 14.0. The van der Waals surface area contributed by atoms with E-state index in [1.54, 1.807) is 4.90 Å². The van der Waals surface area contributed by atoms with Crippen molar-refractivity contribution >= 4 is 23.7 Å². The Bertz CT molecular complexity index is 387. The summed E-state index contributed by atoms with van der Waals surface area (Å²) >= 11 is 1.93. The third-order valence-corrected chi connectivity index (χ3v) is 5.71. The van der Waals surface area contributed by atoms with E-state index >= 15 is 0 Å². The monoisotopic (exact) mass is 343 g/mol. The molecule has 7 heteroatoms. The van der Waals surface area contributed by atoms with Crippen LogP contribution in [0.2, 0.25) is 0 Å². The smallest absolute Gasteiger partial charge is 0.315 e. The number of nitrogens with one attached hydrogen (secondary N) is 2. The molecule has 2 N–H and O–H groups in total. The van der Waals surface area contributed by atoms with Gasteiger partial charge >= 0.3 is 6.03 Å². The summed E-state index contributed by atoms with van der Waals surface area (Å²) in [5.41, 5.74) is 0. The Balaban J connectivity index is 1.64. The van der Waals surface area contributed by atoms with E-state index in [1.807, 2.05) is 11.8 Å². The molecule has 1 aliphatic heterocycles. The zero-order chi connectivity index (χ0) is 16.5. The summed E-state index contributed by atoms with van der Waals surface area (Å²) in [6.45, 7) is 5.08. The Morgan fingerprint density at radius 2 is 1.96 bits per heavy atom. The molecule has 6 nitrogen and oxygen atoms in total. The molecule has 2 fully saturated rings. The number of ether oxygens (including phenoxy) is 1. The van der Waals surface area contributed by atoms with E-state index in [-0.39, 0.29) is 18.0 Å². The van der Waals surface area contributed by atoms with Gasteiger partial charge in [-0.15, -0.1) is 0 Å². The quantitative estimate of drug-likeness (QED) is 0.768. The molecular weight excluding hydrogens is 314 g/mol. The van der Waals surface area contributed by atoms with Crippen LogP contribution in [0.4, 0.5) is 4.79 Å². The van der Waals surface area contributed by atoms with Crippen molar-refractivity contribution in [1.82, 2.24) is 15.5 Å². The van der Waals surface area contributed by atoms with Crippen molar-refractivity contribution in [1.29, 1.82) is 0 Å². The first kappa shape index (κ1) is 18.4. The van der Waals surface area contributed by atoms with Gasteiger partial charge in [0.15, 0.2) is 0 Å². The number of carbonyl (C=O) groups excluding carboxylic acids is 2. The first-order valence-electron chi connectivity index (χ1n) is 8.72. The highest BCUT2D eigenvalue weighted by Gasteiger charge is 2.26. The predicted octanol–water partition coefficient (Wildman–Crippen LogP) is 1.60. The fraction of sp³-hybridized carbons (Fsp3) is 0.875. The lowest BCUT2D eigenvalue weighted by molar-refractivity contribution is -0.135. The van der Waals surface area contributed by atoms with E-state index in [0.717, 1.165) is 12.2 Å². The molecule has 23 heavy (non-hydrogen) atoms. The van der Waals surface area contributed by atoms with Crippen LogP contribution in [0, 0.1) is 0 Å². The molecule has 1 aliphatic carbocycles. The second-order valence-corrected chi connectivity index (χ2v) is 7.54. The van der Waals surface area contributed by atoms with Gasteiger partial charge in [-0.25, -0.2) is 4.79 Å². The van der Waals surface area contributed by atoms with E-state index in [0.29, 0.717) is 44.5 Å². The van der Waals surface area contributed by atoms with Crippen molar-refractivity contribution in [2.45, 2.75) is 50.3 Å². The summed E-state index contributed by atoms with van der Waals surface area (Å²) < 4.78 is 5.23. The molecule has 1 heterocycles. The van der Waals surface area contributed by atoms with Gasteiger partial charge in [0.2, 0.25) is 5.91 Å². The summed E-state index contributed by atoms with van der Waals surface area (Å²) in [4.78, 5) is 25.8. The van der Waals surface area contributed by atoms with E-state index in [2.05, 4.69) is 17.6 Å². The number of thioether (sulfide) groups is 1. The minimum Gasteiger partial charge on any atom is -0.378 e. The highest BCUT2D eigenvalue weighted by Crippen LogP contribution is 2.28. The van der Waals surface area contributed by atoms with Crippen molar-refractivity contribution in [2.75, 3.05) is 38.6 Å². The van der Waals surface area contributed by atoms with Gasteiger partial charge in [-0.3, -0.25) is 4.79 Å². The average molecular weight is 343 g/mol. The molecule has 0 aromatic carbocycles. The average Bonchev–Trinajstić information content (AvgIpc) is 2.57. The van der Waals surface area contributed by atoms with Crippen LogP contribution in [0.3, 0.4) is 0 Å². The SMILES string of the molecule is CCSC1CCCCC1NC(=O)NCCC(=O)N1CCOCC1. The lowest BCUT2D eigenvalue weighted by Crippen LogP contribution is -2.49. The van der Waals surface area contributed by atoms with E-state index in [9.17, 15) is 9.59 Å². The Labute approximate surface area is 143 Å². The topological polar surface area (TPSA) is 70.7 Å². The molecule has 3 amide bonds. The van der Waals surface area contributed by atoms with Gasteiger partial charge < -0.3 is 20.3 Å². The normalized spacial score (nSPS) is 25.0. The van der Waals surface area contributed by atoms with Crippen molar-refractivity contribution in [3.8, 4) is 0 Å². The minimum atomic E-state index is -0.145. The largest absolute Gasteiger partial charge is 0.378 e. The molecule has 2 aliphatic rings. The van der Waals surface area contributed by atoms with E-state index < -0.39 is 0 Å². The summed E-state index contributed by atoms with van der Waals surface area (Å²) in [6, 6.07) is 0.108. The van der Waals surface area contributed by atoms with E-state index in [4.69, 9.17) is 4.74 Å². The lowest BCUT2D eigenvalue weighted by atomic mass is 9.95.